The molecule has 1 aliphatic carbocycles. The summed E-state index contributed by atoms with van der Waals surface area (Å²) < 4.78 is 10.6. The number of nitrogens with one attached hydrogen (secondary N) is 1. The van der Waals surface area contributed by atoms with Gasteiger partial charge in [0.25, 0.3) is 0 Å². The van der Waals surface area contributed by atoms with Crippen molar-refractivity contribution in [2.24, 2.45) is 5.92 Å². The highest BCUT2D eigenvalue weighted by molar-refractivity contribution is 5.87. The summed E-state index contributed by atoms with van der Waals surface area (Å²) in [6, 6.07) is 0. The second kappa shape index (κ2) is 6.06. The highest BCUT2D eigenvalue weighted by Crippen LogP contribution is 2.45. The lowest BCUT2D eigenvalue weighted by Gasteiger charge is -2.27. The SMILES string of the molecule is CCc1noc(CCNC(=O)C2CC(=O)OC23CCCC3)n1. The zero-order chi connectivity index (χ0) is 15.6. The van der Waals surface area contributed by atoms with E-state index in [2.05, 4.69) is 15.5 Å². The highest BCUT2D eigenvalue weighted by atomic mass is 16.6. The zero-order valence-corrected chi connectivity index (χ0v) is 12.8. The number of hydrogen-bond acceptors (Lipinski definition) is 6. The molecule has 1 aliphatic heterocycles. The first-order chi connectivity index (χ1) is 10.6. The van der Waals surface area contributed by atoms with E-state index in [9.17, 15) is 9.59 Å². The van der Waals surface area contributed by atoms with Crippen LogP contribution >= 0.6 is 0 Å². The second-order valence-electron chi connectivity index (χ2n) is 6.00. The fraction of sp³-hybridized carbons (Fsp3) is 0.733. The lowest BCUT2D eigenvalue weighted by atomic mass is 9.85. The molecule has 1 aromatic rings. The summed E-state index contributed by atoms with van der Waals surface area (Å²) in [5.74, 6) is 0.457. The molecule has 22 heavy (non-hydrogen) atoms. The predicted octanol–water partition coefficient (Wildman–Crippen LogP) is 1.17. The normalized spacial score (nSPS) is 23.0. The average molecular weight is 307 g/mol. The van der Waals surface area contributed by atoms with Gasteiger partial charge in [0.15, 0.2) is 5.82 Å². The summed E-state index contributed by atoms with van der Waals surface area (Å²) in [6.45, 7) is 2.37. The van der Waals surface area contributed by atoms with Crippen molar-refractivity contribution in [1.82, 2.24) is 15.5 Å². The van der Waals surface area contributed by atoms with Crippen molar-refractivity contribution in [2.75, 3.05) is 6.54 Å². The van der Waals surface area contributed by atoms with E-state index >= 15 is 0 Å². The number of ether oxygens (including phenoxy) is 1. The first-order valence-electron chi connectivity index (χ1n) is 7.94. The second-order valence-corrected chi connectivity index (χ2v) is 6.00. The largest absolute Gasteiger partial charge is 0.458 e. The van der Waals surface area contributed by atoms with Gasteiger partial charge in [0.2, 0.25) is 11.8 Å². The monoisotopic (exact) mass is 307 g/mol. The van der Waals surface area contributed by atoms with Crippen molar-refractivity contribution in [3.05, 3.63) is 11.7 Å². The number of amides is 1. The lowest BCUT2D eigenvalue weighted by molar-refractivity contribution is -0.149. The topological polar surface area (TPSA) is 94.3 Å². The summed E-state index contributed by atoms with van der Waals surface area (Å²) in [4.78, 5) is 28.2. The Morgan fingerprint density at radius 3 is 2.86 bits per heavy atom. The van der Waals surface area contributed by atoms with Crippen LogP contribution in [0.5, 0.6) is 0 Å². The number of aryl methyl sites for hydroxylation is 1. The molecule has 2 heterocycles. The number of rotatable bonds is 5. The van der Waals surface area contributed by atoms with Crippen LogP contribution in [-0.4, -0.2) is 34.2 Å². The molecule has 0 aromatic carbocycles. The Morgan fingerprint density at radius 2 is 2.18 bits per heavy atom. The third-order valence-electron chi connectivity index (χ3n) is 4.55. The number of hydrogen-bond donors (Lipinski definition) is 1. The third kappa shape index (κ3) is 2.84. The van der Waals surface area contributed by atoms with Gasteiger partial charge >= 0.3 is 5.97 Å². The van der Waals surface area contributed by atoms with Crippen LogP contribution in [0.3, 0.4) is 0 Å². The van der Waals surface area contributed by atoms with Crippen LogP contribution in [0.4, 0.5) is 0 Å². The van der Waals surface area contributed by atoms with Crippen LogP contribution in [-0.2, 0) is 27.2 Å². The maximum Gasteiger partial charge on any atom is 0.307 e. The van der Waals surface area contributed by atoms with Gasteiger partial charge in [-0.15, -0.1) is 0 Å². The number of nitrogens with zero attached hydrogens (tertiary/aromatic N) is 2. The molecule has 1 spiro atoms. The minimum Gasteiger partial charge on any atom is -0.458 e. The van der Waals surface area contributed by atoms with Crippen LogP contribution in [0.2, 0.25) is 0 Å². The summed E-state index contributed by atoms with van der Waals surface area (Å²) >= 11 is 0. The molecule has 0 bridgehead atoms. The predicted molar refractivity (Wildman–Crippen MR) is 75.8 cm³/mol. The number of carbonyl (C=O) groups excluding carboxylic acids is 2. The van der Waals surface area contributed by atoms with Crippen molar-refractivity contribution in [1.29, 1.82) is 0 Å². The Bertz CT molecular complexity index is 563. The van der Waals surface area contributed by atoms with Gasteiger partial charge in [0.05, 0.1) is 12.3 Å². The first-order valence-corrected chi connectivity index (χ1v) is 7.94. The van der Waals surface area contributed by atoms with Crippen LogP contribution in [0.1, 0.15) is 50.7 Å². The molecule has 2 fully saturated rings. The number of esters is 1. The minimum atomic E-state index is -0.555. The van der Waals surface area contributed by atoms with Gasteiger partial charge < -0.3 is 14.6 Å². The molecule has 7 heteroatoms. The van der Waals surface area contributed by atoms with Gasteiger partial charge in [-0.25, -0.2) is 0 Å². The Kier molecular flexibility index (Phi) is 4.13. The summed E-state index contributed by atoms with van der Waals surface area (Å²) in [7, 11) is 0. The summed E-state index contributed by atoms with van der Waals surface area (Å²) in [6.07, 6.45) is 5.01. The van der Waals surface area contributed by atoms with E-state index in [0.717, 1.165) is 32.1 Å². The van der Waals surface area contributed by atoms with Crippen LogP contribution in [0, 0.1) is 5.92 Å². The molecule has 1 unspecified atom stereocenters. The molecule has 7 nitrogen and oxygen atoms in total. The standard InChI is InChI=1S/C15H21N3O4/c1-2-11-17-12(22-18-11)5-8-16-14(20)10-9-13(19)21-15(10)6-3-4-7-15/h10H,2-9H2,1H3,(H,16,20). The third-order valence-corrected chi connectivity index (χ3v) is 4.55. The molecule has 0 radical (unpaired) electrons. The Balaban J connectivity index is 1.54. The maximum absolute atomic E-state index is 12.4. The molecular weight excluding hydrogens is 286 g/mol. The molecule has 1 aromatic heterocycles. The Morgan fingerprint density at radius 1 is 1.41 bits per heavy atom. The van der Waals surface area contributed by atoms with Crippen LogP contribution in [0.15, 0.2) is 4.52 Å². The molecule has 1 saturated carbocycles. The molecule has 3 rings (SSSR count). The van der Waals surface area contributed by atoms with Gasteiger partial charge in [0.1, 0.15) is 5.60 Å². The van der Waals surface area contributed by atoms with E-state index in [1.807, 2.05) is 6.92 Å². The van der Waals surface area contributed by atoms with E-state index < -0.39 is 5.60 Å². The molecule has 1 saturated heterocycles. The Labute approximate surface area is 128 Å². The van der Waals surface area contributed by atoms with Crippen LogP contribution in [0.25, 0.3) is 0 Å². The summed E-state index contributed by atoms with van der Waals surface area (Å²) in [5, 5.41) is 6.69. The zero-order valence-electron chi connectivity index (χ0n) is 12.8. The summed E-state index contributed by atoms with van der Waals surface area (Å²) in [5.41, 5.74) is -0.555. The molecule has 1 atom stereocenters. The smallest absolute Gasteiger partial charge is 0.307 e. The van der Waals surface area contributed by atoms with Crippen molar-refractivity contribution in [2.45, 2.75) is 57.5 Å². The minimum absolute atomic E-state index is 0.108. The van der Waals surface area contributed by atoms with Gasteiger partial charge in [-0.3, -0.25) is 9.59 Å². The van der Waals surface area contributed by atoms with Crippen molar-refractivity contribution in [3.8, 4) is 0 Å². The van der Waals surface area contributed by atoms with Gasteiger partial charge in [-0.05, 0) is 25.7 Å². The average Bonchev–Trinajstić information content (AvgIpc) is 3.20. The lowest BCUT2D eigenvalue weighted by Crippen LogP contribution is -2.43. The van der Waals surface area contributed by atoms with E-state index in [0.29, 0.717) is 24.7 Å². The van der Waals surface area contributed by atoms with E-state index in [1.165, 1.54) is 0 Å². The molecular formula is C15H21N3O4. The Hall–Kier alpha value is -1.92. The van der Waals surface area contributed by atoms with E-state index in [1.54, 1.807) is 0 Å². The van der Waals surface area contributed by atoms with Crippen molar-refractivity contribution < 1.29 is 18.8 Å². The van der Waals surface area contributed by atoms with Crippen molar-refractivity contribution >= 4 is 11.9 Å². The van der Waals surface area contributed by atoms with Gasteiger partial charge in [-0.1, -0.05) is 12.1 Å². The number of carbonyl (C=O) groups is 2. The molecule has 1 amide bonds. The highest BCUT2D eigenvalue weighted by Gasteiger charge is 2.53. The quantitative estimate of drug-likeness (QED) is 0.821. The fourth-order valence-corrected chi connectivity index (χ4v) is 3.40. The van der Waals surface area contributed by atoms with Gasteiger partial charge in [0, 0.05) is 19.4 Å². The van der Waals surface area contributed by atoms with E-state index in [-0.39, 0.29) is 24.2 Å². The van der Waals surface area contributed by atoms with Crippen molar-refractivity contribution in [3.63, 3.8) is 0 Å². The van der Waals surface area contributed by atoms with Gasteiger partial charge in [-0.2, -0.15) is 4.98 Å². The number of aromatic nitrogens is 2. The maximum atomic E-state index is 12.4. The van der Waals surface area contributed by atoms with E-state index in [4.69, 9.17) is 9.26 Å². The fourth-order valence-electron chi connectivity index (χ4n) is 3.40. The first kappa shape index (κ1) is 15.0. The molecule has 120 valence electrons. The van der Waals surface area contributed by atoms with Crippen LogP contribution < -0.4 is 5.32 Å². The molecule has 1 N–H and O–H groups in total. The molecule has 2 aliphatic rings.